The summed E-state index contributed by atoms with van der Waals surface area (Å²) in [5.41, 5.74) is 0. The lowest BCUT2D eigenvalue weighted by atomic mass is 9.86. The zero-order chi connectivity index (χ0) is 11.2. The van der Waals surface area contributed by atoms with E-state index >= 15 is 0 Å². The quantitative estimate of drug-likeness (QED) is 0.815. The van der Waals surface area contributed by atoms with Gasteiger partial charge in [0.1, 0.15) is 5.82 Å². The second-order valence-corrected chi connectivity index (χ2v) is 4.60. The molecule has 0 bridgehead atoms. The first-order valence-electron chi connectivity index (χ1n) is 6.20. The van der Waals surface area contributed by atoms with Crippen LogP contribution in [0.1, 0.15) is 25.7 Å². The summed E-state index contributed by atoms with van der Waals surface area (Å²) in [6.07, 6.45) is 7.10. The van der Waals surface area contributed by atoms with E-state index in [0.717, 1.165) is 24.3 Å². The summed E-state index contributed by atoms with van der Waals surface area (Å²) in [6.45, 7) is 1.06. The van der Waals surface area contributed by atoms with Gasteiger partial charge in [-0.15, -0.1) is 0 Å². The number of aromatic nitrogens is 1. The predicted molar refractivity (Wildman–Crippen MR) is 67.5 cm³/mol. The van der Waals surface area contributed by atoms with Gasteiger partial charge >= 0.3 is 0 Å². The van der Waals surface area contributed by atoms with Gasteiger partial charge in [0.2, 0.25) is 0 Å². The van der Waals surface area contributed by atoms with E-state index in [9.17, 15) is 0 Å². The number of pyridine rings is 1. The highest BCUT2D eigenvalue weighted by molar-refractivity contribution is 5.32. The highest BCUT2D eigenvalue weighted by atomic mass is 15.0. The summed E-state index contributed by atoms with van der Waals surface area (Å²) in [5, 5.41) is 6.78. The Morgan fingerprint density at radius 3 is 2.69 bits per heavy atom. The minimum absolute atomic E-state index is 0.742. The van der Waals surface area contributed by atoms with Crippen LogP contribution in [0.25, 0.3) is 0 Å². The SMILES string of the molecule is CNC1CCC(CNc2ccccn2)CC1. The predicted octanol–water partition coefficient (Wildman–Crippen LogP) is 2.27. The monoisotopic (exact) mass is 219 g/mol. The standard InChI is InChI=1S/C13H21N3/c1-14-12-7-5-11(6-8-12)10-16-13-4-2-3-9-15-13/h2-4,9,11-12,14H,5-8,10H2,1H3,(H,15,16). The molecule has 1 saturated carbocycles. The van der Waals surface area contributed by atoms with Crippen LogP contribution in [0, 0.1) is 5.92 Å². The van der Waals surface area contributed by atoms with E-state index in [1.165, 1.54) is 25.7 Å². The van der Waals surface area contributed by atoms with Gasteiger partial charge in [0.25, 0.3) is 0 Å². The van der Waals surface area contributed by atoms with Crippen molar-refractivity contribution >= 4 is 5.82 Å². The summed E-state index contributed by atoms with van der Waals surface area (Å²) in [4.78, 5) is 4.27. The van der Waals surface area contributed by atoms with Crippen LogP contribution in [0.2, 0.25) is 0 Å². The molecule has 1 aromatic heterocycles. The number of hydrogen-bond donors (Lipinski definition) is 2. The zero-order valence-electron chi connectivity index (χ0n) is 9.95. The lowest BCUT2D eigenvalue weighted by Gasteiger charge is -2.28. The number of anilines is 1. The summed E-state index contributed by atoms with van der Waals surface area (Å²) in [7, 11) is 2.07. The molecule has 0 radical (unpaired) electrons. The molecule has 16 heavy (non-hydrogen) atoms. The largest absolute Gasteiger partial charge is 0.370 e. The average molecular weight is 219 g/mol. The van der Waals surface area contributed by atoms with Crippen LogP contribution >= 0.6 is 0 Å². The van der Waals surface area contributed by atoms with E-state index in [4.69, 9.17) is 0 Å². The normalized spacial score (nSPS) is 25.3. The molecule has 2 N–H and O–H groups in total. The van der Waals surface area contributed by atoms with Crippen molar-refractivity contribution in [2.24, 2.45) is 5.92 Å². The third-order valence-electron chi connectivity index (χ3n) is 3.49. The Balaban J connectivity index is 1.72. The smallest absolute Gasteiger partial charge is 0.125 e. The van der Waals surface area contributed by atoms with Crippen molar-refractivity contribution in [3.63, 3.8) is 0 Å². The maximum atomic E-state index is 4.27. The van der Waals surface area contributed by atoms with Crippen LogP contribution in [0.15, 0.2) is 24.4 Å². The summed E-state index contributed by atoms with van der Waals surface area (Å²) in [5.74, 6) is 1.81. The van der Waals surface area contributed by atoms with E-state index in [-0.39, 0.29) is 0 Å². The first kappa shape index (κ1) is 11.4. The highest BCUT2D eigenvalue weighted by Crippen LogP contribution is 2.24. The van der Waals surface area contributed by atoms with E-state index in [0.29, 0.717) is 0 Å². The van der Waals surface area contributed by atoms with Gasteiger partial charge in [-0.2, -0.15) is 0 Å². The molecular formula is C13H21N3. The topological polar surface area (TPSA) is 37.0 Å². The summed E-state index contributed by atoms with van der Waals surface area (Å²) >= 11 is 0. The highest BCUT2D eigenvalue weighted by Gasteiger charge is 2.19. The maximum absolute atomic E-state index is 4.27. The van der Waals surface area contributed by atoms with Crippen LogP contribution in [0.4, 0.5) is 5.82 Å². The summed E-state index contributed by atoms with van der Waals surface area (Å²) < 4.78 is 0. The van der Waals surface area contributed by atoms with Gasteiger partial charge < -0.3 is 10.6 Å². The second kappa shape index (κ2) is 5.85. The molecule has 0 amide bonds. The van der Waals surface area contributed by atoms with Crippen LogP contribution in [0.5, 0.6) is 0 Å². The van der Waals surface area contributed by atoms with Crippen LogP contribution in [-0.2, 0) is 0 Å². The van der Waals surface area contributed by atoms with E-state index in [1.807, 2.05) is 24.4 Å². The molecule has 0 unspecified atom stereocenters. The Hall–Kier alpha value is -1.09. The molecule has 0 atom stereocenters. The van der Waals surface area contributed by atoms with Crippen molar-refractivity contribution in [3.05, 3.63) is 24.4 Å². The Morgan fingerprint density at radius 2 is 2.06 bits per heavy atom. The molecule has 1 aliphatic carbocycles. The van der Waals surface area contributed by atoms with E-state index < -0.39 is 0 Å². The van der Waals surface area contributed by atoms with E-state index in [1.54, 1.807) is 0 Å². The number of nitrogens with one attached hydrogen (secondary N) is 2. The van der Waals surface area contributed by atoms with Crippen molar-refractivity contribution in [2.75, 3.05) is 18.9 Å². The maximum Gasteiger partial charge on any atom is 0.125 e. The minimum atomic E-state index is 0.742. The fraction of sp³-hybridized carbons (Fsp3) is 0.615. The average Bonchev–Trinajstić information content (AvgIpc) is 2.38. The molecule has 0 aliphatic heterocycles. The number of nitrogens with zero attached hydrogens (tertiary/aromatic N) is 1. The van der Waals surface area contributed by atoms with Crippen molar-refractivity contribution in [2.45, 2.75) is 31.7 Å². The molecular weight excluding hydrogens is 198 g/mol. The van der Waals surface area contributed by atoms with Gasteiger partial charge in [0, 0.05) is 18.8 Å². The van der Waals surface area contributed by atoms with Crippen molar-refractivity contribution in [1.29, 1.82) is 0 Å². The number of rotatable bonds is 4. The second-order valence-electron chi connectivity index (χ2n) is 4.60. The minimum Gasteiger partial charge on any atom is -0.370 e. The Morgan fingerprint density at radius 1 is 1.25 bits per heavy atom. The molecule has 88 valence electrons. The first-order chi connectivity index (χ1) is 7.88. The van der Waals surface area contributed by atoms with Gasteiger partial charge in [-0.25, -0.2) is 4.98 Å². The Kier molecular flexibility index (Phi) is 4.17. The Labute approximate surface area is 97.7 Å². The molecule has 0 aromatic carbocycles. The fourth-order valence-corrected chi connectivity index (χ4v) is 2.37. The summed E-state index contributed by atoms with van der Waals surface area (Å²) in [6, 6.07) is 6.74. The van der Waals surface area contributed by atoms with Crippen molar-refractivity contribution < 1.29 is 0 Å². The first-order valence-corrected chi connectivity index (χ1v) is 6.20. The van der Waals surface area contributed by atoms with Crippen molar-refractivity contribution in [3.8, 4) is 0 Å². The zero-order valence-corrected chi connectivity index (χ0v) is 9.95. The van der Waals surface area contributed by atoms with Crippen molar-refractivity contribution in [1.82, 2.24) is 10.3 Å². The van der Waals surface area contributed by atoms with Gasteiger partial charge in [-0.05, 0) is 50.8 Å². The molecule has 0 spiro atoms. The molecule has 3 heteroatoms. The van der Waals surface area contributed by atoms with Crippen LogP contribution in [-0.4, -0.2) is 24.6 Å². The molecule has 1 heterocycles. The molecule has 1 aliphatic rings. The van der Waals surface area contributed by atoms with Gasteiger partial charge in [0.05, 0.1) is 0 Å². The van der Waals surface area contributed by atoms with Crippen LogP contribution < -0.4 is 10.6 Å². The van der Waals surface area contributed by atoms with Gasteiger partial charge in [0.15, 0.2) is 0 Å². The third-order valence-corrected chi connectivity index (χ3v) is 3.49. The fourth-order valence-electron chi connectivity index (χ4n) is 2.37. The lowest BCUT2D eigenvalue weighted by Crippen LogP contribution is -2.32. The van der Waals surface area contributed by atoms with Gasteiger partial charge in [-0.1, -0.05) is 6.07 Å². The van der Waals surface area contributed by atoms with Gasteiger partial charge in [-0.3, -0.25) is 0 Å². The number of hydrogen-bond acceptors (Lipinski definition) is 3. The molecule has 3 nitrogen and oxygen atoms in total. The molecule has 1 fully saturated rings. The molecule has 0 saturated heterocycles. The molecule has 2 rings (SSSR count). The van der Waals surface area contributed by atoms with E-state index in [2.05, 4.69) is 22.7 Å². The Bertz CT molecular complexity index is 291. The third kappa shape index (κ3) is 3.20. The lowest BCUT2D eigenvalue weighted by molar-refractivity contribution is 0.312. The van der Waals surface area contributed by atoms with Crippen LogP contribution in [0.3, 0.4) is 0 Å². The molecule has 1 aromatic rings.